The molecule has 4 aromatic rings. The fourth-order valence-electron chi connectivity index (χ4n) is 4.21. The number of hydrogen-bond donors (Lipinski definition) is 2. The van der Waals surface area contributed by atoms with E-state index in [1.807, 2.05) is 24.3 Å². The maximum atomic E-state index is 13.1. The summed E-state index contributed by atoms with van der Waals surface area (Å²) in [6, 6.07) is 26.1. The summed E-state index contributed by atoms with van der Waals surface area (Å²) in [5.41, 5.74) is 6.24. The molecule has 6 heteroatoms. The molecule has 0 fully saturated rings. The van der Waals surface area contributed by atoms with E-state index in [0.29, 0.717) is 34.6 Å². The smallest absolute Gasteiger partial charge is 0.251 e. The predicted octanol–water partition coefficient (Wildman–Crippen LogP) is 5.18. The van der Waals surface area contributed by atoms with Gasteiger partial charge in [-0.25, -0.2) is 0 Å². The van der Waals surface area contributed by atoms with Crippen LogP contribution in [0.3, 0.4) is 0 Å². The van der Waals surface area contributed by atoms with E-state index >= 15 is 0 Å². The third-order valence-corrected chi connectivity index (χ3v) is 6.26. The van der Waals surface area contributed by atoms with E-state index < -0.39 is 6.10 Å². The maximum Gasteiger partial charge on any atom is 0.251 e. The van der Waals surface area contributed by atoms with Crippen LogP contribution in [0.5, 0.6) is 5.75 Å². The van der Waals surface area contributed by atoms with Crippen LogP contribution >= 0.6 is 0 Å². The van der Waals surface area contributed by atoms with Crippen LogP contribution in [0.1, 0.15) is 34.9 Å². The predicted molar refractivity (Wildman–Crippen MR) is 139 cm³/mol. The van der Waals surface area contributed by atoms with Crippen molar-refractivity contribution in [3.8, 4) is 16.9 Å². The largest absolute Gasteiger partial charge is 0.618 e. The number of carbonyl (C=O) groups excluding carboxylic acids is 1. The molecule has 0 aliphatic carbocycles. The first kappa shape index (κ1) is 23.3. The summed E-state index contributed by atoms with van der Waals surface area (Å²) in [5.74, 6) is 0.546. The Balaban J connectivity index is 1.33. The molecule has 0 saturated carbocycles. The van der Waals surface area contributed by atoms with Gasteiger partial charge >= 0.3 is 0 Å². The average molecular weight is 479 g/mol. The number of aliphatic hydroxyl groups is 1. The van der Waals surface area contributed by atoms with Gasteiger partial charge in [-0.05, 0) is 60.0 Å². The lowest BCUT2D eigenvalue weighted by atomic mass is 10.00. The number of anilines is 1. The van der Waals surface area contributed by atoms with Gasteiger partial charge in [-0.1, -0.05) is 48.0 Å². The number of carbonyl (C=O) groups is 1. The fourth-order valence-corrected chi connectivity index (χ4v) is 4.21. The fraction of sp³-hybridized carbons (Fsp3) is 0.133. The van der Waals surface area contributed by atoms with Crippen LogP contribution in [0.15, 0.2) is 96.7 Å². The first-order valence-corrected chi connectivity index (χ1v) is 11.8. The molecular weight excluding hydrogens is 452 g/mol. The van der Waals surface area contributed by atoms with Crippen molar-refractivity contribution in [1.29, 1.82) is 0 Å². The molecule has 0 radical (unpaired) electrons. The van der Waals surface area contributed by atoms with Gasteiger partial charge < -0.3 is 20.4 Å². The van der Waals surface area contributed by atoms with E-state index in [-0.39, 0.29) is 11.6 Å². The number of aliphatic hydroxyl groups excluding tert-OH is 1. The second-order valence-electron chi connectivity index (χ2n) is 8.82. The van der Waals surface area contributed by atoms with Gasteiger partial charge in [0.1, 0.15) is 5.75 Å². The zero-order valence-electron chi connectivity index (χ0n) is 19.8. The molecule has 1 aliphatic rings. The normalized spacial score (nSPS) is 13.6. The summed E-state index contributed by atoms with van der Waals surface area (Å²) in [4.78, 5) is 13.1. The minimum absolute atomic E-state index is 0.207. The monoisotopic (exact) mass is 478 g/mol. The van der Waals surface area contributed by atoms with Crippen molar-refractivity contribution in [1.82, 2.24) is 0 Å². The lowest BCUT2D eigenvalue weighted by Crippen LogP contribution is -2.32. The van der Waals surface area contributed by atoms with Crippen molar-refractivity contribution in [3.05, 3.63) is 124 Å². The van der Waals surface area contributed by atoms with Gasteiger partial charge in [0.25, 0.3) is 5.91 Å². The highest BCUT2D eigenvalue weighted by atomic mass is 16.5. The first-order valence-electron chi connectivity index (χ1n) is 11.8. The van der Waals surface area contributed by atoms with E-state index in [1.54, 1.807) is 42.5 Å². The number of nitrogens with zero attached hydrogens (tertiary/aromatic N) is 1. The Kier molecular flexibility index (Phi) is 6.52. The molecule has 5 rings (SSSR count). The quantitative estimate of drug-likeness (QED) is 0.306. The zero-order chi connectivity index (χ0) is 25.1. The van der Waals surface area contributed by atoms with Crippen LogP contribution in [0, 0.1) is 12.1 Å². The van der Waals surface area contributed by atoms with Gasteiger partial charge in [0.15, 0.2) is 12.3 Å². The number of pyridine rings is 1. The summed E-state index contributed by atoms with van der Waals surface area (Å²) in [7, 11) is 0. The summed E-state index contributed by atoms with van der Waals surface area (Å²) in [5, 5.41) is 25.4. The van der Waals surface area contributed by atoms with Gasteiger partial charge in [-0.2, -0.15) is 4.73 Å². The van der Waals surface area contributed by atoms with E-state index in [4.69, 9.17) is 4.74 Å². The van der Waals surface area contributed by atoms with Crippen LogP contribution in [0.25, 0.3) is 17.2 Å². The molecule has 1 amide bonds. The molecule has 2 N–H and O–H groups in total. The van der Waals surface area contributed by atoms with Crippen LogP contribution in [0.4, 0.5) is 5.69 Å². The van der Waals surface area contributed by atoms with Gasteiger partial charge in [0.2, 0.25) is 5.69 Å². The SMILES string of the molecule is Cc1ccc(-c2ccc3c(c2)C=C(C(=O)Nc2ccc(C(O)c4cccc[n+]4[O-])cc2)CCO3)cc1. The highest BCUT2D eigenvalue weighted by Crippen LogP contribution is 2.31. The number of benzene rings is 3. The Labute approximate surface area is 209 Å². The van der Waals surface area contributed by atoms with E-state index in [2.05, 4.69) is 36.5 Å². The van der Waals surface area contributed by atoms with E-state index in [0.717, 1.165) is 22.4 Å². The summed E-state index contributed by atoms with van der Waals surface area (Å²) in [6.45, 7) is 2.47. The summed E-state index contributed by atoms with van der Waals surface area (Å²) in [6.07, 6.45) is 2.65. The zero-order valence-corrected chi connectivity index (χ0v) is 19.8. The molecule has 0 spiro atoms. The van der Waals surface area contributed by atoms with E-state index in [1.165, 1.54) is 11.8 Å². The van der Waals surface area contributed by atoms with Crippen LogP contribution in [-0.2, 0) is 4.79 Å². The minimum Gasteiger partial charge on any atom is -0.618 e. The van der Waals surface area contributed by atoms with Crippen LogP contribution in [0.2, 0.25) is 0 Å². The molecule has 36 heavy (non-hydrogen) atoms. The molecule has 0 saturated heterocycles. The molecule has 3 aromatic carbocycles. The Hall–Kier alpha value is -4.42. The van der Waals surface area contributed by atoms with Gasteiger partial charge in [-0.15, -0.1) is 0 Å². The molecule has 0 bridgehead atoms. The third-order valence-electron chi connectivity index (χ3n) is 6.26. The number of aryl methyl sites for hydroxylation is 1. The molecule has 2 heterocycles. The van der Waals surface area contributed by atoms with E-state index in [9.17, 15) is 15.1 Å². The number of ether oxygens (including phenoxy) is 1. The van der Waals surface area contributed by atoms with Crippen molar-refractivity contribution < 1.29 is 19.4 Å². The number of fused-ring (bicyclic) bond motifs is 1. The number of hydrogen-bond acceptors (Lipinski definition) is 4. The summed E-state index contributed by atoms with van der Waals surface area (Å²) >= 11 is 0. The Bertz CT molecular complexity index is 1430. The second-order valence-corrected chi connectivity index (χ2v) is 8.82. The summed E-state index contributed by atoms with van der Waals surface area (Å²) < 4.78 is 6.54. The third kappa shape index (κ3) is 4.99. The van der Waals surface area contributed by atoms with Crippen molar-refractivity contribution in [3.63, 3.8) is 0 Å². The molecule has 1 aliphatic heterocycles. The first-order chi connectivity index (χ1) is 17.5. The van der Waals surface area contributed by atoms with Crippen molar-refractivity contribution >= 4 is 17.7 Å². The Morgan fingerprint density at radius 2 is 1.75 bits per heavy atom. The number of nitrogens with one attached hydrogen (secondary N) is 1. The topological polar surface area (TPSA) is 85.5 Å². The van der Waals surface area contributed by atoms with Gasteiger partial charge in [0, 0.05) is 35.4 Å². The molecule has 1 atom stereocenters. The van der Waals surface area contributed by atoms with Crippen LogP contribution in [-0.4, -0.2) is 17.6 Å². The Morgan fingerprint density at radius 1 is 1.00 bits per heavy atom. The second kappa shape index (κ2) is 10.1. The highest BCUT2D eigenvalue weighted by molar-refractivity contribution is 6.07. The highest BCUT2D eigenvalue weighted by Gasteiger charge is 2.19. The van der Waals surface area contributed by atoms with Crippen molar-refractivity contribution in [2.45, 2.75) is 19.4 Å². The standard InChI is InChI=1S/C30H26N2O4/c1-20-5-7-21(8-6-20)23-11-14-28-25(18-23)19-24(15-17-36-28)30(34)31-26-12-9-22(10-13-26)29(33)27-4-2-3-16-32(27)35/h2-14,16,18-19,29,33H,15,17H2,1H3,(H,31,34). The van der Waals surface area contributed by atoms with Crippen molar-refractivity contribution in [2.24, 2.45) is 0 Å². The van der Waals surface area contributed by atoms with Crippen LogP contribution < -0.4 is 14.8 Å². The maximum absolute atomic E-state index is 13.1. The van der Waals surface area contributed by atoms with Gasteiger partial charge in [-0.3, -0.25) is 4.79 Å². The molecule has 1 unspecified atom stereocenters. The molecule has 6 nitrogen and oxygen atoms in total. The number of aromatic nitrogens is 1. The molecular formula is C30H26N2O4. The average Bonchev–Trinajstić information content (AvgIpc) is 3.12. The Morgan fingerprint density at radius 3 is 2.50 bits per heavy atom. The number of amides is 1. The molecule has 1 aromatic heterocycles. The minimum atomic E-state index is -1.06. The van der Waals surface area contributed by atoms with Gasteiger partial charge in [0.05, 0.1) is 6.61 Å². The lowest BCUT2D eigenvalue weighted by Gasteiger charge is -2.12. The number of rotatable bonds is 5. The molecule has 180 valence electrons. The van der Waals surface area contributed by atoms with Crippen molar-refractivity contribution in [2.75, 3.05) is 11.9 Å². The lowest BCUT2D eigenvalue weighted by molar-refractivity contribution is -0.617.